The van der Waals surface area contributed by atoms with Crippen LogP contribution < -0.4 is 4.90 Å². The topological polar surface area (TPSA) is 41.9 Å². The molecule has 0 aliphatic rings. The molecule has 0 spiro atoms. The summed E-state index contributed by atoms with van der Waals surface area (Å²) < 4.78 is 2.03. The number of anilines is 3. The van der Waals surface area contributed by atoms with Crippen LogP contribution in [-0.4, -0.2) is 15.0 Å². The SMILES string of the molecule is Brc1cccc(N(c2ccc(-c3nc(-c4ccccc4)nc(-c4ccccc4)n3)cc2)c2cccc(Br)c2)c1. The lowest BCUT2D eigenvalue weighted by Gasteiger charge is -2.26. The molecule has 0 saturated carbocycles. The van der Waals surface area contributed by atoms with Crippen LogP contribution >= 0.6 is 31.9 Å². The number of rotatable bonds is 6. The molecule has 4 nitrogen and oxygen atoms in total. The third-order valence-corrected chi connectivity index (χ3v) is 7.20. The molecule has 6 aromatic rings. The zero-order valence-corrected chi connectivity index (χ0v) is 23.9. The van der Waals surface area contributed by atoms with Crippen molar-refractivity contribution in [1.82, 2.24) is 15.0 Å². The predicted molar refractivity (Wildman–Crippen MR) is 166 cm³/mol. The zero-order valence-electron chi connectivity index (χ0n) is 20.7. The first-order valence-corrected chi connectivity index (χ1v) is 14.0. The van der Waals surface area contributed by atoms with E-state index < -0.39 is 0 Å². The minimum Gasteiger partial charge on any atom is -0.310 e. The maximum absolute atomic E-state index is 4.87. The summed E-state index contributed by atoms with van der Waals surface area (Å²) in [5.41, 5.74) is 5.94. The van der Waals surface area contributed by atoms with Crippen LogP contribution in [0, 0.1) is 0 Å². The number of benzene rings is 5. The Morgan fingerprint density at radius 2 is 0.795 bits per heavy atom. The first-order valence-electron chi connectivity index (χ1n) is 12.4. The smallest absolute Gasteiger partial charge is 0.164 e. The van der Waals surface area contributed by atoms with Crippen molar-refractivity contribution < 1.29 is 0 Å². The number of halogens is 2. The van der Waals surface area contributed by atoms with Crippen LogP contribution in [0.4, 0.5) is 17.1 Å². The van der Waals surface area contributed by atoms with Gasteiger partial charge in [0.1, 0.15) is 0 Å². The molecule has 0 fully saturated rings. The van der Waals surface area contributed by atoms with E-state index in [-0.39, 0.29) is 0 Å². The Morgan fingerprint density at radius 1 is 0.385 bits per heavy atom. The minimum absolute atomic E-state index is 0.630. The predicted octanol–water partition coefficient (Wildman–Crippen LogP) is 9.87. The molecule has 188 valence electrons. The van der Waals surface area contributed by atoms with Crippen LogP contribution in [0.3, 0.4) is 0 Å². The molecule has 0 aliphatic heterocycles. The Labute approximate surface area is 244 Å². The average Bonchev–Trinajstić information content (AvgIpc) is 2.98. The molecule has 39 heavy (non-hydrogen) atoms. The molecule has 1 aromatic heterocycles. The van der Waals surface area contributed by atoms with Gasteiger partial charge in [0.2, 0.25) is 0 Å². The van der Waals surface area contributed by atoms with Gasteiger partial charge in [0.15, 0.2) is 17.5 Å². The van der Waals surface area contributed by atoms with Crippen LogP contribution in [0.2, 0.25) is 0 Å². The van der Waals surface area contributed by atoms with Crippen LogP contribution in [0.1, 0.15) is 0 Å². The first kappa shape index (κ1) is 25.2. The zero-order chi connectivity index (χ0) is 26.6. The fourth-order valence-corrected chi connectivity index (χ4v) is 5.15. The summed E-state index contributed by atoms with van der Waals surface area (Å²) in [7, 11) is 0. The van der Waals surface area contributed by atoms with Gasteiger partial charge in [-0.25, -0.2) is 15.0 Å². The van der Waals surface area contributed by atoms with Crippen molar-refractivity contribution in [2.24, 2.45) is 0 Å². The normalized spacial score (nSPS) is 10.8. The van der Waals surface area contributed by atoms with Crippen LogP contribution in [0.15, 0.2) is 142 Å². The summed E-state index contributed by atoms with van der Waals surface area (Å²) in [5.74, 6) is 1.92. The number of hydrogen-bond donors (Lipinski definition) is 0. The molecule has 1 heterocycles. The molecule has 0 aliphatic carbocycles. The van der Waals surface area contributed by atoms with Crippen molar-refractivity contribution >= 4 is 48.9 Å². The van der Waals surface area contributed by atoms with Crippen molar-refractivity contribution in [3.05, 3.63) is 142 Å². The molecule has 0 unspecified atom stereocenters. The van der Waals surface area contributed by atoms with Crippen LogP contribution in [0.25, 0.3) is 34.2 Å². The fraction of sp³-hybridized carbons (Fsp3) is 0. The Bertz CT molecular complexity index is 1620. The summed E-state index contributed by atoms with van der Waals surface area (Å²) in [6, 6.07) is 44.9. The standard InChI is InChI=1S/C33H22Br2N4/c34-26-13-7-15-29(21-26)39(30-16-8-14-27(35)22-30)28-19-17-25(18-20-28)33-37-31(23-9-3-1-4-10-23)36-32(38-33)24-11-5-2-6-12-24/h1-22H. The highest BCUT2D eigenvalue weighted by Gasteiger charge is 2.15. The highest BCUT2D eigenvalue weighted by molar-refractivity contribution is 9.10. The van der Waals surface area contributed by atoms with E-state index in [1.807, 2.05) is 84.9 Å². The van der Waals surface area contributed by atoms with Gasteiger partial charge < -0.3 is 4.90 Å². The summed E-state index contributed by atoms with van der Waals surface area (Å²) in [6.45, 7) is 0. The molecular weight excluding hydrogens is 612 g/mol. The van der Waals surface area contributed by atoms with Gasteiger partial charge in [0.05, 0.1) is 0 Å². The summed E-state index contributed by atoms with van der Waals surface area (Å²) in [4.78, 5) is 16.8. The molecule has 0 N–H and O–H groups in total. The van der Waals surface area contributed by atoms with Gasteiger partial charge in [-0.3, -0.25) is 0 Å². The van der Waals surface area contributed by atoms with Crippen molar-refractivity contribution in [1.29, 1.82) is 0 Å². The number of aromatic nitrogens is 3. The highest BCUT2D eigenvalue weighted by atomic mass is 79.9. The van der Waals surface area contributed by atoms with E-state index in [9.17, 15) is 0 Å². The van der Waals surface area contributed by atoms with Crippen molar-refractivity contribution in [2.75, 3.05) is 4.90 Å². The van der Waals surface area contributed by atoms with Gasteiger partial charge in [-0.2, -0.15) is 0 Å². The second-order valence-electron chi connectivity index (χ2n) is 8.88. The molecule has 0 atom stereocenters. The van der Waals surface area contributed by atoms with Crippen molar-refractivity contribution in [3.8, 4) is 34.2 Å². The van der Waals surface area contributed by atoms with Gasteiger partial charge in [-0.05, 0) is 60.7 Å². The second kappa shape index (κ2) is 11.3. The lowest BCUT2D eigenvalue weighted by molar-refractivity contribution is 1.07. The summed E-state index contributed by atoms with van der Waals surface area (Å²) in [5, 5.41) is 0. The summed E-state index contributed by atoms with van der Waals surface area (Å²) in [6.07, 6.45) is 0. The monoisotopic (exact) mass is 632 g/mol. The van der Waals surface area contributed by atoms with Gasteiger partial charge in [0, 0.05) is 42.7 Å². The van der Waals surface area contributed by atoms with E-state index in [1.54, 1.807) is 0 Å². The molecule has 0 saturated heterocycles. The first-order chi connectivity index (χ1) is 19.1. The molecule has 0 radical (unpaired) electrons. The fourth-order valence-electron chi connectivity index (χ4n) is 4.37. The lowest BCUT2D eigenvalue weighted by atomic mass is 10.1. The molecule has 6 heteroatoms. The van der Waals surface area contributed by atoms with E-state index in [2.05, 4.69) is 85.3 Å². The Balaban J connectivity index is 1.44. The Hall–Kier alpha value is -4.13. The molecular formula is C33H22Br2N4. The quantitative estimate of drug-likeness (QED) is 0.183. The van der Waals surface area contributed by atoms with Crippen LogP contribution in [0.5, 0.6) is 0 Å². The molecule has 5 aromatic carbocycles. The van der Waals surface area contributed by atoms with Crippen molar-refractivity contribution in [3.63, 3.8) is 0 Å². The summed E-state index contributed by atoms with van der Waals surface area (Å²) >= 11 is 7.25. The average molecular weight is 634 g/mol. The van der Waals surface area contributed by atoms with Gasteiger partial charge in [-0.1, -0.05) is 105 Å². The lowest BCUT2D eigenvalue weighted by Crippen LogP contribution is -2.10. The van der Waals surface area contributed by atoms with Crippen molar-refractivity contribution in [2.45, 2.75) is 0 Å². The second-order valence-corrected chi connectivity index (χ2v) is 10.7. The molecule has 0 bridgehead atoms. The Morgan fingerprint density at radius 3 is 1.21 bits per heavy atom. The number of hydrogen-bond acceptors (Lipinski definition) is 4. The maximum atomic E-state index is 4.87. The number of nitrogens with zero attached hydrogens (tertiary/aromatic N) is 4. The van der Waals surface area contributed by atoms with E-state index in [0.29, 0.717) is 17.5 Å². The third kappa shape index (κ3) is 5.67. The van der Waals surface area contributed by atoms with E-state index in [0.717, 1.165) is 42.7 Å². The Kier molecular flexibility index (Phi) is 7.30. The van der Waals surface area contributed by atoms with Crippen LogP contribution in [-0.2, 0) is 0 Å². The third-order valence-electron chi connectivity index (χ3n) is 6.22. The minimum atomic E-state index is 0.630. The largest absolute Gasteiger partial charge is 0.310 e. The van der Waals surface area contributed by atoms with Gasteiger partial charge in [-0.15, -0.1) is 0 Å². The molecule has 0 amide bonds. The van der Waals surface area contributed by atoms with Gasteiger partial charge in [0.25, 0.3) is 0 Å². The molecule has 6 rings (SSSR count). The maximum Gasteiger partial charge on any atom is 0.164 e. The highest BCUT2D eigenvalue weighted by Crippen LogP contribution is 2.37. The van der Waals surface area contributed by atoms with Gasteiger partial charge >= 0.3 is 0 Å². The van der Waals surface area contributed by atoms with E-state index in [4.69, 9.17) is 15.0 Å². The van der Waals surface area contributed by atoms with E-state index >= 15 is 0 Å². The van der Waals surface area contributed by atoms with E-state index in [1.165, 1.54) is 0 Å².